The van der Waals surface area contributed by atoms with Gasteiger partial charge in [0.05, 0.1) is 4.90 Å². The highest BCUT2D eigenvalue weighted by Crippen LogP contribution is 2.36. The maximum absolute atomic E-state index is 12.9. The van der Waals surface area contributed by atoms with Gasteiger partial charge >= 0.3 is 0 Å². The maximum Gasteiger partial charge on any atom is 0.243 e. The molecule has 0 atom stereocenters. The van der Waals surface area contributed by atoms with Gasteiger partial charge in [-0.25, -0.2) is 8.42 Å². The largest absolute Gasteiger partial charge is 0.317 e. The lowest BCUT2D eigenvalue weighted by Gasteiger charge is -2.25. The number of nitrogens with zero attached hydrogens (tertiary/aromatic N) is 1. The number of hydrogen-bond acceptors (Lipinski definition) is 3. The predicted octanol–water partition coefficient (Wildman–Crippen LogP) is 2.86. The summed E-state index contributed by atoms with van der Waals surface area (Å²) in [5.41, 5.74) is 3.73. The lowest BCUT2D eigenvalue weighted by atomic mass is 9.86. The molecule has 0 radical (unpaired) electrons. The van der Waals surface area contributed by atoms with Gasteiger partial charge in [0, 0.05) is 13.1 Å². The van der Waals surface area contributed by atoms with Crippen molar-refractivity contribution in [2.75, 3.05) is 13.1 Å². The SMILES string of the molecule is O=S(=O)(c1ccccc1)N1Cc2cccc(C3CCNCC3)c2C1. The van der Waals surface area contributed by atoms with Crippen LogP contribution in [0.15, 0.2) is 53.4 Å². The minimum atomic E-state index is -3.43. The van der Waals surface area contributed by atoms with Crippen LogP contribution in [0, 0.1) is 0 Å². The molecule has 126 valence electrons. The molecule has 1 saturated heterocycles. The third-order valence-electron chi connectivity index (χ3n) is 5.15. The van der Waals surface area contributed by atoms with E-state index in [1.54, 1.807) is 28.6 Å². The second-order valence-electron chi connectivity index (χ2n) is 6.60. The molecule has 0 bridgehead atoms. The van der Waals surface area contributed by atoms with E-state index in [4.69, 9.17) is 0 Å². The Morgan fingerprint density at radius 2 is 1.67 bits per heavy atom. The highest BCUT2D eigenvalue weighted by atomic mass is 32.2. The molecule has 4 nitrogen and oxygen atoms in total. The minimum absolute atomic E-state index is 0.376. The lowest BCUT2D eigenvalue weighted by Crippen LogP contribution is -2.27. The van der Waals surface area contributed by atoms with Crippen LogP contribution in [0.3, 0.4) is 0 Å². The zero-order valence-corrected chi connectivity index (χ0v) is 14.4. The smallest absolute Gasteiger partial charge is 0.243 e. The van der Waals surface area contributed by atoms with Crippen molar-refractivity contribution in [2.24, 2.45) is 0 Å². The van der Waals surface area contributed by atoms with Gasteiger partial charge in [0.1, 0.15) is 0 Å². The molecule has 2 heterocycles. The van der Waals surface area contributed by atoms with Crippen LogP contribution >= 0.6 is 0 Å². The number of hydrogen-bond donors (Lipinski definition) is 1. The quantitative estimate of drug-likeness (QED) is 0.933. The fraction of sp³-hybridized carbons (Fsp3) is 0.368. The molecule has 1 fully saturated rings. The van der Waals surface area contributed by atoms with Gasteiger partial charge in [0.2, 0.25) is 10.0 Å². The van der Waals surface area contributed by atoms with Gasteiger partial charge in [-0.15, -0.1) is 0 Å². The topological polar surface area (TPSA) is 49.4 Å². The number of piperidine rings is 1. The summed E-state index contributed by atoms with van der Waals surface area (Å²) in [6.45, 7) is 3.05. The average Bonchev–Trinajstić information content (AvgIpc) is 3.08. The van der Waals surface area contributed by atoms with Crippen molar-refractivity contribution in [3.05, 3.63) is 65.2 Å². The van der Waals surface area contributed by atoms with Crippen LogP contribution in [0.2, 0.25) is 0 Å². The summed E-state index contributed by atoms with van der Waals surface area (Å²) in [6, 6.07) is 15.1. The van der Waals surface area contributed by atoms with Gasteiger partial charge in [-0.3, -0.25) is 0 Å². The van der Waals surface area contributed by atoms with Crippen molar-refractivity contribution in [3.63, 3.8) is 0 Å². The van der Waals surface area contributed by atoms with E-state index in [0.717, 1.165) is 31.5 Å². The van der Waals surface area contributed by atoms with Gasteiger partial charge in [-0.2, -0.15) is 4.31 Å². The van der Waals surface area contributed by atoms with E-state index in [1.807, 2.05) is 6.07 Å². The number of sulfonamides is 1. The first kappa shape index (κ1) is 15.8. The molecule has 0 aromatic heterocycles. The van der Waals surface area contributed by atoms with Crippen molar-refractivity contribution in [1.29, 1.82) is 0 Å². The molecule has 2 aromatic rings. The maximum atomic E-state index is 12.9. The lowest BCUT2D eigenvalue weighted by molar-refractivity contribution is 0.426. The molecule has 24 heavy (non-hydrogen) atoms. The summed E-state index contributed by atoms with van der Waals surface area (Å²) in [4.78, 5) is 0.376. The molecule has 1 N–H and O–H groups in total. The Morgan fingerprint density at radius 1 is 0.917 bits per heavy atom. The van der Waals surface area contributed by atoms with Crippen molar-refractivity contribution in [2.45, 2.75) is 36.7 Å². The highest BCUT2D eigenvalue weighted by molar-refractivity contribution is 7.89. The summed E-state index contributed by atoms with van der Waals surface area (Å²) < 4.78 is 27.4. The fourth-order valence-corrected chi connectivity index (χ4v) is 5.25. The molecule has 0 saturated carbocycles. The molecule has 2 aliphatic rings. The Kier molecular flexibility index (Phi) is 4.16. The highest BCUT2D eigenvalue weighted by Gasteiger charge is 2.33. The molecular weight excluding hydrogens is 320 g/mol. The van der Waals surface area contributed by atoms with E-state index in [9.17, 15) is 8.42 Å². The predicted molar refractivity (Wildman–Crippen MR) is 94.2 cm³/mol. The third-order valence-corrected chi connectivity index (χ3v) is 6.96. The van der Waals surface area contributed by atoms with Gasteiger partial charge in [0.15, 0.2) is 0 Å². The van der Waals surface area contributed by atoms with Crippen LogP contribution in [0.1, 0.15) is 35.4 Å². The van der Waals surface area contributed by atoms with E-state index >= 15 is 0 Å². The first-order valence-corrected chi connectivity index (χ1v) is 9.97. The zero-order valence-electron chi connectivity index (χ0n) is 13.6. The molecule has 0 spiro atoms. The Hall–Kier alpha value is -1.69. The van der Waals surface area contributed by atoms with Crippen LogP contribution in [-0.4, -0.2) is 25.8 Å². The molecule has 5 heteroatoms. The Balaban J connectivity index is 1.65. The molecule has 4 rings (SSSR count). The van der Waals surface area contributed by atoms with Crippen LogP contribution in [-0.2, 0) is 23.1 Å². The molecular formula is C19H22N2O2S. The van der Waals surface area contributed by atoms with Crippen LogP contribution < -0.4 is 5.32 Å². The normalized spacial score (nSPS) is 19.3. The van der Waals surface area contributed by atoms with E-state index in [1.165, 1.54) is 11.1 Å². The second kappa shape index (κ2) is 6.31. The van der Waals surface area contributed by atoms with Crippen molar-refractivity contribution < 1.29 is 8.42 Å². The monoisotopic (exact) mass is 342 g/mol. The van der Waals surface area contributed by atoms with Gasteiger partial charge < -0.3 is 5.32 Å². The summed E-state index contributed by atoms with van der Waals surface area (Å²) in [6.07, 6.45) is 2.25. The zero-order chi connectivity index (χ0) is 16.6. The summed E-state index contributed by atoms with van der Waals surface area (Å²) >= 11 is 0. The Labute approximate surface area is 143 Å². The molecule has 0 amide bonds. The number of benzene rings is 2. The van der Waals surface area contributed by atoms with E-state index < -0.39 is 10.0 Å². The summed E-state index contributed by atoms with van der Waals surface area (Å²) in [5, 5.41) is 3.40. The number of fused-ring (bicyclic) bond motifs is 1. The van der Waals surface area contributed by atoms with Crippen molar-refractivity contribution in [1.82, 2.24) is 9.62 Å². The van der Waals surface area contributed by atoms with Crippen molar-refractivity contribution >= 4 is 10.0 Å². The number of rotatable bonds is 3. The summed E-state index contributed by atoms with van der Waals surface area (Å²) in [7, 11) is -3.43. The number of nitrogens with one attached hydrogen (secondary N) is 1. The summed E-state index contributed by atoms with van der Waals surface area (Å²) in [5.74, 6) is 0.542. The first-order chi connectivity index (χ1) is 11.7. The van der Waals surface area contributed by atoms with E-state index in [0.29, 0.717) is 23.9 Å². The van der Waals surface area contributed by atoms with Crippen LogP contribution in [0.4, 0.5) is 0 Å². The van der Waals surface area contributed by atoms with Crippen LogP contribution in [0.5, 0.6) is 0 Å². The Morgan fingerprint density at radius 3 is 2.42 bits per heavy atom. The molecule has 0 unspecified atom stereocenters. The molecule has 0 aliphatic carbocycles. The molecule has 2 aromatic carbocycles. The van der Waals surface area contributed by atoms with Crippen molar-refractivity contribution in [3.8, 4) is 0 Å². The van der Waals surface area contributed by atoms with E-state index in [2.05, 4.69) is 23.5 Å². The van der Waals surface area contributed by atoms with Crippen LogP contribution in [0.25, 0.3) is 0 Å². The Bertz CT molecular complexity index is 828. The average molecular weight is 342 g/mol. The second-order valence-corrected chi connectivity index (χ2v) is 8.53. The minimum Gasteiger partial charge on any atom is -0.317 e. The van der Waals surface area contributed by atoms with E-state index in [-0.39, 0.29) is 0 Å². The standard InChI is InChI=1S/C19H22N2O2S/c22-24(23,17-6-2-1-3-7-17)21-13-16-5-4-8-18(19(16)14-21)15-9-11-20-12-10-15/h1-8,15,20H,9-14H2. The molecule has 2 aliphatic heterocycles. The first-order valence-electron chi connectivity index (χ1n) is 8.53. The van der Waals surface area contributed by atoms with Gasteiger partial charge in [-0.1, -0.05) is 36.4 Å². The van der Waals surface area contributed by atoms with Gasteiger partial charge in [-0.05, 0) is 60.7 Å². The third kappa shape index (κ3) is 2.77. The van der Waals surface area contributed by atoms with Gasteiger partial charge in [0.25, 0.3) is 0 Å². The fourth-order valence-electron chi connectivity index (χ4n) is 3.84.